The fraction of sp³-hybridized carbons (Fsp3) is 0.667. The first kappa shape index (κ1) is 16.9. The average molecular weight is 358 g/mol. The van der Waals surface area contributed by atoms with Crippen molar-refractivity contribution in [2.45, 2.75) is 54.9 Å². The zero-order valence-corrected chi connectivity index (χ0v) is 14.5. The molecule has 8 heteroatoms. The number of amides is 1. The summed E-state index contributed by atoms with van der Waals surface area (Å²) in [5.74, 6) is 0.530. The number of thioether (sulfide) groups is 1. The molecule has 2 N–H and O–H groups in total. The molecule has 2 fully saturated rings. The van der Waals surface area contributed by atoms with Gasteiger partial charge in [-0.15, -0.1) is 0 Å². The molecule has 0 saturated heterocycles. The Bertz CT molecular complexity index is 646. The van der Waals surface area contributed by atoms with Gasteiger partial charge in [0.15, 0.2) is 5.76 Å². The maximum Gasteiger partial charge on any atom is 0.287 e. The van der Waals surface area contributed by atoms with Crippen molar-refractivity contribution < 1.29 is 17.6 Å². The molecule has 0 bridgehead atoms. The second-order valence-corrected chi connectivity index (χ2v) is 9.10. The Morgan fingerprint density at radius 3 is 2.65 bits per heavy atom. The molecule has 23 heavy (non-hydrogen) atoms. The molecule has 1 aromatic rings. The summed E-state index contributed by atoms with van der Waals surface area (Å²) in [6.45, 7) is 0.559. The van der Waals surface area contributed by atoms with Crippen molar-refractivity contribution in [1.82, 2.24) is 10.0 Å². The number of hydrogen-bond donors (Lipinski definition) is 2. The minimum Gasteiger partial charge on any atom is -0.438 e. The third-order valence-electron chi connectivity index (χ3n) is 4.01. The molecule has 2 saturated carbocycles. The van der Waals surface area contributed by atoms with Gasteiger partial charge in [0.05, 0.1) is 0 Å². The number of carbonyl (C=O) groups excluding carboxylic acids is 1. The summed E-state index contributed by atoms with van der Waals surface area (Å²) in [5.41, 5.74) is 0. The normalized spacial score (nSPS) is 19.1. The molecule has 0 spiro atoms. The second kappa shape index (κ2) is 7.27. The minimum absolute atomic E-state index is 0.00925. The van der Waals surface area contributed by atoms with Gasteiger partial charge < -0.3 is 9.73 Å². The first-order chi connectivity index (χ1) is 11.0. The van der Waals surface area contributed by atoms with Crippen molar-refractivity contribution in [3.8, 4) is 0 Å². The maximum atomic E-state index is 12.0. The molecule has 3 rings (SSSR count). The van der Waals surface area contributed by atoms with E-state index < -0.39 is 10.0 Å². The molecule has 0 unspecified atom stereocenters. The summed E-state index contributed by atoms with van der Waals surface area (Å²) in [6.07, 6.45) is 6.86. The molecule has 1 amide bonds. The Balaban J connectivity index is 1.45. The number of nitrogens with one attached hydrogen (secondary N) is 2. The summed E-state index contributed by atoms with van der Waals surface area (Å²) in [5, 5.41) is 3.30. The number of hydrogen-bond acceptors (Lipinski definition) is 5. The van der Waals surface area contributed by atoms with Gasteiger partial charge in [0.1, 0.15) is 0 Å². The molecule has 0 atom stereocenters. The van der Waals surface area contributed by atoms with E-state index in [1.165, 1.54) is 37.8 Å². The van der Waals surface area contributed by atoms with Crippen molar-refractivity contribution >= 4 is 27.7 Å². The minimum atomic E-state index is -3.65. The van der Waals surface area contributed by atoms with Crippen molar-refractivity contribution in [3.05, 3.63) is 17.9 Å². The van der Waals surface area contributed by atoms with Crippen LogP contribution in [0.4, 0.5) is 0 Å². The first-order valence-electron chi connectivity index (χ1n) is 8.06. The van der Waals surface area contributed by atoms with Gasteiger partial charge in [-0.3, -0.25) is 4.79 Å². The van der Waals surface area contributed by atoms with Crippen molar-refractivity contribution in [1.29, 1.82) is 0 Å². The van der Waals surface area contributed by atoms with E-state index in [0.717, 1.165) is 23.8 Å². The Morgan fingerprint density at radius 1 is 1.22 bits per heavy atom. The fourth-order valence-corrected chi connectivity index (χ4v) is 5.05. The van der Waals surface area contributed by atoms with Crippen LogP contribution in [-0.4, -0.2) is 37.9 Å². The molecule has 128 valence electrons. The third-order valence-corrected chi connectivity index (χ3v) is 6.79. The molecule has 1 aromatic heterocycles. The summed E-state index contributed by atoms with van der Waals surface area (Å²) >= 11 is 1.89. The van der Waals surface area contributed by atoms with Crippen LogP contribution in [0.25, 0.3) is 0 Å². The number of rotatable bonds is 8. The molecular weight excluding hydrogens is 336 g/mol. The van der Waals surface area contributed by atoms with Crippen LogP contribution in [0.1, 0.15) is 49.1 Å². The molecule has 0 radical (unpaired) electrons. The molecular formula is C15H22N2O4S2. The lowest BCUT2D eigenvalue weighted by Crippen LogP contribution is -2.26. The van der Waals surface area contributed by atoms with E-state index >= 15 is 0 Å². The lowest BCUT2D eigenvalue weighted by atomic mass is 10.4. The Morgan fingerprint density at radius 2 is 1.96 bits per heavy atom. The van der Waals surface area contributed by atoms with Gasteiger partial charge in [-0.25, -0.2) is 13.1 Å². The largest absolute Gasteiger partial charge is 0.438 e. The van der Waals surface area contributed by atoms with Gasteiger partial charge in [-0.05, 0) is 37.8 Å². The van der Waals surface area contributed by atoms with Crippen LogP contribution in [0.2, 0.25) is 0 Å². The summed E-state index contributed by atoms with van der Waals surface area (Å²) in [4.78, 5) is 12.0. The van der Waals surface area contributed by atoms with Crippen LogP contribution in [-0.2, 0) is 10.0 Å². The van der Waals surface area contributed by atoms with Crippen LogP contribution in [0.5, 0.6) is 0 Å². The van der Waals surface area contributed by atoms with Gasteiger partial charge in [0.25, 0.3) is 15.9 Å². The van der Waals surface area contributed by atoms with E-state index in [1.807, 2.05) is 11.8 Å². The van der Waals surface area contributed by atoms with Crippen LogP contribution < -0.4 is 10.0 Å². The molecule has 2 aliphatic carbocycles. The smallest absolute Gasteiger partial charge is 0.287 e. The number of carbonyl (C=O) groups is 1. The number of furan rings is 1. The van der Waals surface area contributed by atoms with Gasteiger partial charge >= 0.3 is 0 Å². The highest BCUT2D eigenvalue weighted by atomic mass is 32.2. The second-order valence-electron chi connectivity index (χ2n) is 6.05. The van der Waals surface area contributed by atoms with Gasteiger partial charge in [0, 0.05) is 23.6 Å². The lowest BCUT2D eigenvalue weighted by Gasteiger charge is -2.08. The third kappa shape index (κ3) is 4.74. The summed E-state index contributed by atoms with van der Waals surface area (Å²) in [6, 6.07) is 2.74. The van der Waals surface area contributed by atoms with Crippen molar-refractivity contribution in [2.24, 2.45) is 0 Å². The Hall–Kier alpha value is -0.990. The highest BCUT2D eigenvalue weighted by Crippen LogP contribution is 2.29. The molecule has 2 aliphatic rings. The predicted octanol–water partition coefficient (Wildman–Crippen LogP) is 2.13. The van der Waals surface area contributed by atoms with E-state index in [9.17, 15) is 13.2 Å². The van der Waals surface area contributed by atoms with Crippen LogP contribution in [0.15, 0.2) is 21.6 Å². The highest BCUT2D eigenvalue weighted by Gasteiger charge is 2.30. The summed E-state index contributed by atoms with van der Waals surface area (Å²) in [7, 11) is -3.65. The lowest BCUT2D eigenvalue weighted by molar-refractivity contribution is 0.0923. The average Bonchev–Trinajstić information content (AvgIpc) is 3.01. The van der Waals surface area contributed by atoms with E-state index in [0.29, 0.717) is 6.54 Å². The zero-order valence-electron chi connectivity index (χ0n) is 12.9. The quantitative estimate of drug-likeness (QED) is 0.695. The molecule has 1 heterocycles. The van der Waals surface area contributed by atoms with Crippen LogP contribution in [0.3, 0.4) is 0 Å². The van der Waals surface area contributed by atoms with E-state index in [1.54, 1.807) is 0 Å². The summed E-state index contributed by atoms with van der Waals surface area (Å²) < 4.78 is 31.7. The molecule has 0 aromatic carbocycles. The predicted molar refractivity (Wildman–Crippen MR) is 89.1 cm³/mol. The van der Waals surface area contributed by atoms with Crippen LogP contribution >= 0.6 is 11.8 Å². The first-order valence-corrected chi connectivity index (χ1v) is 10.6. The Labute approximate surface area is 140 Å². The van der Waals surface area contributed by atoms with Crippen LogP contribution in [0, 0.1) is 0 Å². The van der Waals surface area contributed by atoms with E-state index in [-0.39, 0.29) is 22.8 Å². The standard InChI is InChI=1S/C15H22N2O4S2/c18-15(16-9-10-22-12-3-1-2-4-12)13-7-8-14(21-13)23(19,20)17-11-5-6-11/h7-8,11-12,17H,1-6,9-10H2,(H,16,18). The molecule has 0 aliphatic heterocycles. The SMILES string of the molecule is O=C(NCCSC1CCCC1)c1ccc(S(=O)(=O)NC2CC2)o1. The zero-order chi connectivity index (χ0) is 16.3. The highest BCUT2D eigenvalue weighted by molar-refractivity contribution is 7.99. The van der Waals surface area contributed by atoms with E-state index in [2.05, 4.69) is 10.0 Å². The fourth-order valence-electron chi connectivity index (χ4n) is 2.60. The Kier molecular flexibility index (Phi) is 5.33. The topological polar surface area (TPSA) is 88.4 Å². The van der Waals surface area contributed by atoms with Gasteiger partial charge in [-0.2, -0.15) is 11.8 Å². The van der Waals surface area contributed by atoms with E-state index in [4.69, 9.17) is 4.42 Å². The maximum absolute atomic E-state index is 12.0. The number of sulfonamides is 1. The van der Waals surface area contributed by atoms with Crippen molar-refractivity contribution in [3.63, 3.8) is 0 Å². The van der Waals surface area contributed by atoms with Gasteiger partial charge in [-0.1, -0.05) is 12.8 Å². The monoisotopic (exact) mass is 358 g/mol. The molecule has 6 nitrogen and oxygen atoms in total. The van der Waals surface area contributed by atoms with Crippen molar-refractivity contribution in [2.75, 3.05) is 12.3 Å². The van der Waals surface area contributed by atoms with Gasteiger partial charge in [0.2, 0.25) is 5.09 Å².